The van der Waals surface area contributed by atoms with Gasteiger partial charge in [0.25, 0.3) is 0 Å². The fourth-order valence-electron chi connectivity index (χ4n) is 1.63. The molecule has 4 heteroatoms. The summed E-state index contributed by atoms with van der Waals surface area (Å²) in [6.45, 7) is 2.41. The van der Waals surface area contributed by atoms with Crippen molar-refractivity contribution in [1.82, 2.24) is 0 Å². The van der Waals surface area contributed by atoms with Crippen LogP contribution in [0, 0.1) is 0 Å². The molecule has 0 heterocycles. The third-order valence-electron chi connectivity index (χ3n) is 2.36. The van der Waals surface area contributed by atoms with Crippen LogP contribution in [-0.2, 0) is 16.0 Å². The minimum Gasteiger partial charge on any atom is -0.466 e. The second kappa shape index (κ2) is 6.78. The van der Waals surface area contributed by atoms with Crippen LogP contribution in [0.1, 0.15) is 31.7 Å². The van der Waals surface area contributed by atoms with Crippen molar-refractivity contribution in [3.8, 4) is 0 Å². The minimum absolute atomic E-state index is 0.125. The van der Waals surface area contributed by atoms with Crippen molar-refractivity contribution < 1.29 is 9.53 Å². The molecule has 0 spiro atoms. The fraction of sp³-hybridized carbons (Fsp3) is 0.462. The first-order chi connectivity index (χ1) is 8.11. The Morgan fingerprint density at radius 2 is 1.88 bits per heavy atom. The van der Waals surface area contributed by atoms with E-state index in [4.69, 9.17) is 16.2 Å². The van der Waals surface area contributed by atoms with Crippen LogP contribution in [0.3, 0.4) is 0 Å². The van der Waals surface area contributed by atoms with Gasteiger partial charge in [0, 0.05) is 17.8 Å². The number of benzene rings is 1. The van der Waals surface area contributed by atoms with Crippen molar-refractivity contribution in [2.24, 2.45) is 0 Å². The first-order valence-corrected chi connectivity index (χ1v) is 5.92. The van der Waals surface area contributed by atoms with Crippen LogP contribution in [0.25, 0.3) is 0 Å². The smallest absolute Gasteiger partial charge is 0.305 e. The molecule has 17 heavy (non-hydrogen) atoms. The molecule has 4 nitrogen and oxygen atoms in total. The van der Waals surface area contributed by atoms with Crippen LogP contribution in [0.4, 0.5) is 11.4 Å². The van der Waals surface area contributed by atoms with Crippen molar-refractivity contribution in [3.63, 3.8) is 0 Å². The van der Waals surface area contributed by atoms with Gasteiger partial charge in [-0.25, -0.2) is 0 Å². The zero-order valence-electron chi connectivity index (χ0n) is 10.2. The first-order valence-electron chi connectivity index (χ1n) is 5.92. The Morgan fingerprint density at radius 3 is 2.47 bits per heavy atom. The maximum atomic E-state index is 11.1. The summed E-state index contributed by atoms with van der Waals surface area (Å²) < 4.78 is 5.06. The van der Waals surface area contributed by atoms with E-state index in [0.717, 1.165) is 24.8 Å². The lowest BCUT2D eigenvalue weighted by Gasteiger charge is -2.06. The number of esters is 1. The van der Waals surface area contributed by atoms with Gasteiger partial charge >= 0.3 is 5.97 Å². The maximum Gasteiger partial charge on any atom is 0.305 e. The SMILES string of the molecule is CCCC(=O)OCCCc1cc(N)cc(N)c1. The molecule has 94 valence electrons. The molecule has 4 N–H and O–H groups in total. The molecule has 0 radical (unpaired) electrons. The second-order valence-corrected chi connectivity index (χ2v) is 4.08. The van der Waals surface area contributed by atoms with Gasteiger partial charge in [-0.05, 0) is 43.0 Å². The van der Waals surface area contributed by atoms with Gasteiger partial charge in [-0.2, -0.15) is 0 Å². The summed E-state index contributed by atoms with van der Waals surface area (Å²) in [7, 11) is 0. The van der Waals surface area contributed by atoms with E-state index < -0.39 is 0 Å². The Hall–Kier alpha value is -1.71. The summed E-state index contributed by atoms with van der Waals surface area (Å²) in [5, 5.41) is 0. The van der Waals surface area contributed by atoms with E-state index in [1.807, 2.05) is 19.1 Å². The molecule has 0 saturated heterocycles. The molecule has 1 aromatic rings. The van der Waals surface area contributed by atoms with E-state index in [-0.39, 0.29) is 5.97 Å². The van der Waals surface area contributed by atoms with Crippen molar-refractivity contribution in [2.75, 3.05) is 18.1 Å². The van der Waals surface area contributed by atoms with Crippen LogP contribution in [0.5, 0.6) is 0 Å². The number of nitrogen functional groups attached to an aromatic ring is 2. The van der Waals surface area contributed by atoms with Crippen LogP contribution in [0.2, 0.25) is 0 Å². The lowest BCUT2D eigenvalue weighted by Crippen LogP contribution is -2.06. The predicted molar refractivity (Wildman–Crippen MR) is 69.5 cm³/mol. The Morgan fingerprint density at radius 1 is 1.24 bits per heavy atom. The maximum absolute atomic E-state index is 11.1. The molecule has 0 aliphatic heterocycles. The lowest BCUT2D eigenvalue weighted by molar-refractivity contribution is -0.143. The molecular weight excluding hydrogens is 216 g/mol. The number of anilines is 2. The highest BCUT2D eigenvalue weighted by Crippen LogP contribution is 2.15. The Balaban J connectivity index is 2.28. The quantitative estimate of drug-likeness (QED) is 0.450. The van der Waals surface area contributed by atoms with Gasteiger partial charge in [-0.15, -0.1) is 0 Å². The predicted octanol–water partition coefficient (Wildman–Crippen LogP) is 2.13. The Bertz CT molecular complexity index is 357. The van der Waals surface area contributed by atoms with Gasteiger partial charge in [-0.1, -0.05) is 6.92 Å². The number of ether oxygens (including phenoxy) is 1. The summed E-state index contributed by atoms with van der Waals surface area (Å²) in [6.07, 6.45) is 2.92. The molecule has 1 rings (SSSR count). The van der Waals surface area contributed by atoms with Crippen LogP contribution in [0.15, 0.2) is 18.2 Å². The topological polar surface area (TPSA) is 78.3 Å². The first kappa shape index (κ1) is 13.4. The van der Waals surface area contributed by atoms with E-state index in [9.17, 15) is 4.79 Å². The Labute approximate surface area is 102 Å². The molecule has 0 bridgehead atoms. The van der Waals surface area contributed by atoms with Gasteiger partial charge in [-0.3, -0.25) is 4.79 Å². The van der Waals surface area contributed by atoms with Crippen molar-refractivity contribution in [1.29, 1.82) is 0 Å². The van der Waals surface area contributed by atoms with E-state index in [1.54, 1.807) is 6.07 Å². The molecule has 0 aromatic heterocycles. The number of carbonyl (C=O) groups excluding carboxylic acids is 1. The molecule has 0 aliphatic rings. The fourth-order valence-corrected chi connectivity index (χ4v) is 1.63. The minimum atomic E-state index is -0.125. The molecule has 1 aromatic carbocycles. The zero-order valence-corrected chi connectivity index (χ0v) is 10.2. The zero-order chi connectivity index (χ0) is 12.7. The van der Waals surface area contributed by atoms with Gasteiger partial charge in [0.2, 0.25) is 0 Å². The van der Waals surface area contributed by atoms with Crippen molar-refractivity contribution >= 4 is 17.3 Å². The largest absolute Gasteiger partial charge is 0.466 e. The molecule has 0 aliphatic carbocycles. The van der Waals surface area contributed by atoms with Gasteiger partial charge < -0.3 is 16.2 Å². The third-order valence-corrected chi connectivity index (χ3v) is 2.36. The number of hydrogen-bond acceptors (Lipinski definition) is 4. The van der Waals surface area contributed by atoms with E-state index in [2.05, 4.69) is 0 Å². The van der Waals surface area contributed by atoms with Crippen LogP contribution < -0.4 is 11.5 Å². The van der Waals surface area contributed by atoms with Gasteiger partial charge in [0.05, 0.1) is 6.61 Å². The summed E-state index contributed by atoms with van der Waals surface area (Å²) in [4.78, 5) is 11.1. The summed E-state index contributed by atoms with van der Waals surface area (Å²) in [6, 6.07) is 5.51. The lowest BCUT2D eigenvalue weighted by atomic mass is 10.1. The average molecular weight is 236 g/mol. The number of rotatable bonds is 6. The second-order valence-electron chi connectivity index (χ2n) is 4.08. The molecule has 0 amide bonds. The highest BCUT2D eigenvalue weighted by atomic mass is 16.5. The average Bonchev–Trinajstić information content (AvgIpc) is 2.23. The molecule has 0 unspecified atom stereocenters. The molecular formula is C13H20N2O2. The standard InChI is InChI=1S/C13H20N2O2/c1-2-4-13(16)17-6-3-5-10-7-11(14)9-12(15)8-10/h7-9H,2-6,14-15H2,1H3. The van der Waals surface area contributed by atoms with E-state index >= 15 is 0 Å². The van der Waals surface area contributed by atoms with E-state index in [1.165, 1.54) is 0 Å². The molecule has 0 saturated carbocycles. The monoisotopic (exact) mass is 236 g/mol. The number of carbonyl (C=O) groups is 1. The Kier molecular flexibility index (Phi) is 5.33. The number of aryl methyl sites for hydroxylation is 1. The number of hydrogen-bond donors (Lipinski definition) is 2. The van der Waals surface area contributed by atoms with Crippen molar-refractivity contribution in [3.05, 3.63) is 23.8 Å². The summed E-state index contributed by atoms with van der Waals surface area (Å²) >= 11 is 0. The highest BCUT2D eigenvalue weighted by Gasteiger charge is 2.01. The van der Waals surface area contributed by atoms with Crippen LogP contribution >= 0.6 is 0 Å². The molecule has 0 fully saturated rings. The summed E-state index contributed by atoms with van der Waals surface area (Å²) in [5.74, 6) is -0.125. The number of nitrogens with two attached hydrogens (primary N) is 2. The van der Waals surface area contributed by atoms with Crippen molar-refractivity contribution in [2.45, 2.75) is 32.6 Å². The van der Waals surface area contributed by atoms with E-state index in [0.29, 0.717) is 24.4 Å². The third kappa shape index (κ3) is 5.24. The molecule has 0 atom stereocenters. The normalized spacial score (nSPS) is 10.2. The summed E-state index contributed by atoms with van der Waals surface area (Å²) in [5.41, 5.74) is 13.8. The van der Waals surface area contributed by atoms with Gasteiger partial charge in [0.1, 0.15) is 0 Å². The highest BCUT2D eigenvalue weighted by molar-refractivity contribution is 5.69. The van der Waals surface area contributed by atoms with Crippen LogP contribution in [-0.4, -0.2) is 12.6 Å². The van der Waals surface area contributed by atoms with Gasteiger partial charge in [0.15, 0.2) is 0 Å².